The minimum atomic E-state index is -0.522. The molecule has 34 heavy (non-hydrogen) atoms. The Balaban J connectivity index is 1.64. The van der Waals surface area contributed by atoms with Gasteiger partial charge in [-0.2, -0.15) is 0 Å². The van der Waals surface area contributed by atoms with E-state index in [2.05, 4.69) is 0 Å². The molecule has 6 heteroatoms. The van der Waals surface area contributed by atoms with Crippen molar-refractivity contribution in [1.29, 1.82) is 0 Å². The second-order valence-corrected chi connectivity index (χ2v) is 10.1. The molecule has 1 heterocycles. The predicted octanol–water partition coefficient (Wildman–Crippen LogP) is 8.38. The fraction of sp³-hybridized carbons (Fsp3) is 0.179. The highest BCUT2D eigenvalue weighted by Gasteiger charge is 2.19. The molecule has 0 saturated heterocycles. The van der Waals surface area contributed by atoms with Crippen molar-refractivity contribution in [3.8, 4) is 27.7 Å². The van der Waals surface area contributed by atoms with Gasteiger partial charge in [-0.05, 0) is 68.8 Å². The lowest BCUT2D eigenvalue weighted by molar-refractivity contribution is -0.148. The second kappa shape index (κ2) is 9.92. The lowest BCUT2D eigenvalue weighted by Gasteiger charge is -2.17. The van der Waals surface area contributed by atoms with E-state index in [1.54, 1.807) is 24.5 Å². The standard InChI is InChI=1S/C28H25ClO4S/c1-28(2,3)33-25(30)16-11-18-9-12-19(13-10-18)32-26-22-15-14-20(31-4)17-24(22)34-27(26)21-7-5-6-8-23(21)29/h5-17H,1-4H3. The zero-order valence-electron chi connectivity index (χ0n) is 19.4. The van der Waals surface area contributed by atoms with Crippen LogP contribution in [0.4, 0.5) is 0 Å². The average molecular weight is 493 g/mol. The maximum absolute atomic E-state index is 11.9. The molecule has 0 radical (unpaired) electrons. The van der Waals surface area contributed by atoms with Crippen molar-refractivity contribution >= 4 is 45.1 Å². The van der Waals surface area contributed by atoms with E-state index in [0.717, 1.165) is 37.6 Å². The van der Waals surface area contributed by atoms with Crippen molar-refractivity contribution in [2.75, 3.05) is 7.11 Å². The van der Waals surface area contributed by atoms with Gasteiger partial charge in [0.25, 0.3) is 0 Å². The van der Waals surface area contributed by atoms with Gasteiger partial charge in [0.1, 0.15) is 17.1 Å². The molecule has 0 spiro atoms. The molecule has 0 aliphatic heterocycles. The highest BCUT2D eigenvalue weighted by Crippen LogP contribution is 2.48. The number of fused-ring (bicyclic) bond motifs is 1. The highest BCUT2D eigenvalue weighted by molar-refractivity contribution is 7.22. The summed E-state index contributed by atoms with van der Waals surface area (Å²) in [6.07, 6.45) is 3.15. The van der Waals surface area contributed by atoms with Gasteiger partial charge in [-0.1, -0.05) is 41.9 Å². The van der Waals surface area contributed by atoms with E-state index in [-0.39, 0.29) is 5.97 Å². The molecule has 174 valence electrons. The Bertz CT molecular complexity index is 1350. The van der Waals surface area contributed by atoms with Crippen molar-refractivity contribution in [3.63, 3.8) is 0 Å². The van der Waals surface area contributed by atoms with Crippen LogP contribution in [0, 0.1) is 0 Å². The third kappa shape index (κ3) is 5.61. The van der Waals surface area contributed by atoms with E-state index >= 15 is 0 Å². The molecule has 0 saturated carbocycles. The first-order valence-electron chi connectivity index (χ1n) is 10.8. The van der Waals surface area contributed by atoms with Crippen LogP contribution < -0.4 is 9.47 Å². The average Bonchev–Trinajstić information content (AvgIpc) is 3.15. The Morgan fingerprint density at radius 2 is 1.68 bits per heavy atom. The first kappa shape index (κ1) is 23.9. The molecular formula is C28H25ClO4S. The van der Waals surface area contributed by atoms with Crippen LogP contribution in [0.25, 0.3) is 26.6 Å². The molecule has 3 aromatic carbocycles. The number of halogens is 1. The molecular weight excluding hydrogens is 468 g/mol. The van der Waals surface area contributed by atoms with Gasteiger partial charge >= 0.3 is 5.97 Å². The van der Waals surface area contributed by atoms with Crippen molar-refractivity contribution in [2.45, 2.75) is 26.4 Å². The van der Waals surface area contributed by atoms with Gasteiger partial charge < -0.3 is 14.2 Å². The number of methoxy groups -OCH3 is 1. The summed E-state index contributed by atoms with van der Waals surface area (Å²) in [5.41, 5.74) is 1.26. The van der Waals surface area contributed by atoms with Gasteiger partial charge in [-0.25, -0.2) is 4.79 Å². The number of carbonyl (C=O) groups excluding carboxylic acids is 1. The van der Waals surface area contributed by atoms with Crippen LogP contribution in [-0.2, 0) is 9.53 Å². The first-order chi connectivity index (χ1) is 16.2. The molecule has 0 unspecified atom stereocenters. The number of rotatable bonds is 6. The van der Waals surface area contributed by atoms with Crippen LogP contribution >= 0.6 is 22.9 Å². The number of ether oxygens (including phenoxy) is 3. The van der Waals surface area contributed by atoms with E-state index in [1.807, 2.05) is 87.5 Å². The number of esters is 1. The number of hydrogen-bond acceptors (Lipinski definition) is 5. The van der Waals surface area contributed by atoms with Crippen molar-refractivity contribution in [1.82, 2.24) is 0 Å². The first-order valence-corrected chi connectivity index (χ1v) is 12.0. The lowest BCUT2D eigenvalue weighted by atomic mass is 10.1. The van der Waals surface area contributed by atoms with Gasteiger partial charge in [-0.15, -0.1) is 11.3 Å². The molecule has 0 N–H and O–H groups in total. The highest BCUT2D eigenvalue weighted by atomic mass is 35.5. The molecule has 4 aromatic rings. The topological polar surface area (TPSA) is 44.8 Å². The quantitative estimate of drug-likeness (QED) is 0.200. The number of hydrogen-bond donors (Lipinski definition) is 0. The Morgan fingerprint density at radius 1 is 0.971 bits per heavy atom. The minimum absolute atomic E-state index is 0.377. The number of benzene rings is 3. The van der Waals surface area contributed by atoms with E-state index in [1.165, 1.54) is 6.08 Å². The van der Waals surface area contributed by atoms with Crippen LogP contribution in [0.1, 0.15) is 26.3 Å². The van der Waals surface area contributed by atoms with Gasteiger partial charge in [0.15, 0.2) is 5.75 Å². The SMILES string of the molecule is COc1ccc2c(Oc3ccc(C=CC(=O)OC(C)(C)C)cc3)c(-c3ccccc3Cl)sc2c1. The third-order valence-electron chi connectivity index (χ3n) is 4.89. The Morgan fingerprint density at radius 3 is 2.35 bits per heavy atom. The minimum Gasteiger partial charge on any atom is -0.497 e. The van der Waals surface area contributed by atoms with Gasteiger partial charge in [0.2, 0.25) is 0 Å². The van der Waals surface area contributed by atoms with E-state index < -0.39 is 5.60 Å². The molecule has 0 bridgehead atoms. The predicted molar refractivity (Wildman–Crippen MR) is 140 cm³/mol. The lowest BCUT2D eigenvalue weighted by Crippen LogP contribution is -2.22. The zero-order chi connectivity index (χ0) is 24.3. The summed E-state index contributed by atoms with van der Waals surface area (Å²) in [6, 6.07) is 21.2. The maximum atomic E-state index is 11.9. The van der Waals surface area contributed by atoms with Crippen molar-refractivity contribution in [3.05, 3.63) is 83.4 Å². The largest absolute Gasteiger partial charge is 0.497 e. The van der Waals surface area contributed by atoms with Gasteiger partial charge in [-0.3, -0.25) is 0 Å². The molecule has 0 fully saturated rings. The summed E-state index contributed by atoms with van der Waals surface area (Å²) in [5.74, 6) is 1.83. The number of carbonyl (C=O) groups is 1. The normalized spacial score (nSPS) is 11.7. The van der Waals surface area contributed by atoms with Crippen LogP contribution in [0.15, 0.2) is 72.8 Å². The fourth-order valence-corrected chi connectivity index (χ4v) is 4.85. The van der Waals surface area contributed by atoms with Crippen molar-refractivity contribution < 1.29 is 19.0 Å². The Labute approximate surface area is 208 Å². The summed E-state index contributed by atoms with van der Waals surface area (Å²) in [6.45, 7) is 5.52. The zero-order valence-corrected chi connectivity index (χ0v) is 21.0. The molecule has 4 rings (SSSR count). The summed E-state index contributed by atoms with van der Waals surface area (Å²) < 4.78 is 18.1. The summed E-state index contributed by atoms with van der Waals surface area (Å²) in [4.78, 5) is 12.9. The molecule has 0 amide bonds. The van der Waals surface area contributed by atoms with Crippen LogP contribution in [-0.4, -0.2) is 18.7 Å². The summed E-state index contributed by atoms with van der Waals surface area (Å²) >= 11 is 8.13. The van der Waals surface area contributed by atoms with Crippen LogP contribution in [0.3, 0.4) is 0 Å². The van der Waals surface area contributed by atoms with Gasteiger partial charge in [0.05, 0.1) is 12.0 Å². The molecule has 1 aromatic heterocycles. The maximum Gasteiger partial charge on any atom is 0.331 e. The summed E-state index contributed by atoms with van der Waals surface area (Å²) in [7, 11) is 1.65. The molecule has 0 aliphatic rings. The molecule has 4 nitrogen and oxygen atoms in total. The summed E-state index contributed by atoms with van der Waals surface area (Å²) in [5, 5.41) is 1.64. The van der Waals surface area contributed by atoms with Crippen molar-refractivity contribution in [2.24, 2.45) is 0 Å². The molecule has 0 atom stereocenters. The van der Waals surface area contributed by atoms with Crippen LogP contribution in [0.2, 0.25) is 5.02 Å². The van der Waals surface area contributed by atoms with Gasteiger partial charge in [0, 0.05) is 26.7 Å². The monoisotopic (exact) mass is 492 g/mol. The Hall–Kier alpha value is -3.28. The Kier molecular flexibility index (Phi) is 6.96. The van der Waals surface area contributed by atoms with Crippen LogP contribution in [0.5, 0.6) is 17.2 Å². The van der Waals surface area contributed by atoms with E-state index in [9.17, 15) is 4.79 Å². The molecule has 0 aliphatic carbocycles. The second-order valence-electron chi connectivity index (χ2n) is 8.64. The smallest absolute Gasteiger partial charge is 0.331 e. The number of thiophene rings is 1. The third-order valence-corrected chi connectivity index (χ3v) is 6.39. The fourth-order valence-electron chi connectivity index (χ4n) is 3.37. The van der Waals surface area contributed by atoms with E-state index in [0.29, 0.717) is 10.8 Å². The van der Waals surface area contributed by atoms with E-state index in [4.69, 9.17) is 25.8 Å².